The van der Waals surface area contributed by atoms with Crippen molar-refractivity contribution in [3.8, 4) is 5.75 Å². The maximum atomic E-state index is 11.9. The van der Waals surface area contributed by atoms with Crippen molar-refractivity contribution in [1.82, 2.24) is 5.32 Å². The van der Waals surface area contributed by atoms with Gasteiger partial charge in [-0.05, 0) is 51.0 Å². The minimum Gasteiger partial charge on any atom is -0.493 e. The number of carbonyl (C=O) groups excluding carboxylic acids is 1. The predicted molar refractivity (Wildman–Crippen MR) is 86.1 cm³/mol. The fourth-order valence-electron chi connectivity index (χ4n) is 2.26. The molecule has 1 aromatic carbocycles. The Balaban J connectivity index is 1.76. The van der Waals surface area contributed by atoms with Gasteiger partial charge in [-0.2, -0.15) is 0 Å². The lowest BCUT2D eigenvalue weighted by atomic mass is 10.1. The maximum absolute atomic E-state index is 11.9. The first kappa shape index (κ1) is 16.1. The van der Waals surface area contributed by atoms with Crippen LogP contribution in [0.15, 0.2) is 28.7 Å². The van der Waals surface area contributed by atoms with Crippen LogP contribution in [0.2, 0.25) is 0 Å². The minimum atomic E-state index is -0.0245. The van der Waals surface area contributed by atoms with Gasteiger partial charge in [-0.25, -0.2) is 0 Å². The summed E-state index contributed by atoms with van der Waals surface area (Å²) in [7, 11) is 0. The van der Waals surface area contributed by atoms with E-state index in [-0.39, 0.29) is 5.91 Å². The van der Waals surface area contributed by atoms with Crippen LogP contribution in [0, 0.1) is 27.7 Å². The van der Waals surface area contributed by atoms with E-state index in [1.165, 1.54) is 0 Å². The highest BCUT2D eigenvalue weighted by Gasteiger charge is 2.07. The van der Waals surface area contributed by atoms with Crippen molar-refractivity contribution in [3.63, 3.8) is 0 Å². The molecule has 0 aliphatic heterocycles. The molecule has 0 fully saturated rings. The second-order valence-corrected chi connectivity index (χ2v) is 5.58. The van der Waals surface area contributed by atoms with Crippen molar-refractivity contribution in [2.24, 2.45) is 0 Å². The second kappa shape index (κ2) is 7.16. The maximum Gasteiger partial charge on any atom is 0.223 e. The minimum absolute atomic E-state index is 0.0245. The molecule has 4 nitrogen and oxygen atoms in total. The Kier molecular flexibility index (Phi) is 5.26. The molecule has 2 rings (SSSR count). The second-order valence-electron chi connectivity index (χ2n) is 5.58. The Morgan fingerprint density at radius 3 is 2.64 bits per heavy atom. The van der Waals surface area contributed by atoms with Crippen LogP contribution in [-0.4, -0.2) is 12.5 Å². The van der Waals surface area contributed by atoms with Crippen molar-refractivity contribution in [1.29, 1.82) is 0 Å². The molecule has 0 aliphatic carbocycles. The highest BCUT2D eigenvalue weighted by Crippen LogP contribution is 2.19. The van der Waals surface area contributed by atoms with Gasteiger partial charge in [-0.1, -0.05) is 12.1 Å². The number of ether oxygens (including phenoxy) is 1. The summed E-state index contributed by atoms with van der Waals surface area (Å²) in [5.74, 6) is 2.53. The summed E-state index contributed by atoms with van der Waals surface area (Å²) in [4.78, 5) is 11.9. The Bertz CT molecular complexity index is 658. The van der Waals surface area contributed by atoms with Crippen molar-refractivity contribution >= 4 is 5.91 Å². The van der Waals surface area contributed by atoms with Gasteiger partial charge in [0.2, 0.25) is 5.91 Å². The number of amides is 1. The number of hydrogen-bond donors (Lipinski definition) is 1. The molecule has 22 heavy (non-hydrogen) atoms. The van der Waals surface area contributed by atoms with Gasteiger partial charge in [0.1, 0.15) is 17.3 Å². The van der Waals surface area contributed by atoms with Gasteiger partial charge in [0.15, 0.2) is 0 Å². The zero-order valence-electron chi connectivity index (χ0n) is 13.7. The summed E-state index contributed by atoms with van der Waals surface area (Å²) in [5, 5.41) is 2.89. The molecule has 2 aromatic rings. The largest absolute Gasteiger partial charge is 0.493 e. The Labute approximate surface area is 131 Å². The molecule has 1 N–H and O–H groups in total. The van der Waals surface area contributed by atoms with Crippen LogP contribution < -0.4 is 10.1 Å². The molecule has 0 bridgehead atoms. The van der Waals surface area contributed by atoms with E-state index in [2.05, 4.69) is 5.32 Å². The Morgan fingerprint density at radius 1 is 1.18 bits per heavy atom. The van der Waals surface area contributed by atoms with E-state index in [1.807, 2.05) is 52.0 Å². The first-order valence-corrected chi connectivity index (χ1v) is 7.48. The van der Waals surface area contributed by atoms with Gasteiger partial charge in [0.25, 0.3) is 0 Å². The normalized spacial score (nSPS) is 10.5. The number of aryl methyl sites for hydroxylation is 4. The van der Waals surface area contributed by atoms with Crippen LogP contribution in [-0.2, 0) is 11.3 Å². The van der Waals surface area contributed by atoms with E-state index < -0.39 is 0 Å². The topological polar surface area (TPSA) is 51.5 Å². The predicted octanol–water partition coefficient (Wildman–Crippen LogP) is 3.60. The third kappa shape index (κ3) is 4.38. The number of rotatable bonds is 6. The average molecular weight is 301 g/mol. The van der Waals surface area contributed by atoms with Crippen LogP contribution in [0.1, 0.15) is 34.6 Å². The van der Waals surface area contributed by atoms with Crippen LogP contribution in [0.5, 0.6) is 5.75 Å². The lowest BCUT2D eigenvalue weighted by Gasteiger charge is -2.10. The molecule has 0 atom stereocenters. The van der Waals surface area contributed by atoms with Crippen molar-refractivity contribution in [2.75, 3.05) is 6.61 Å². The van der Waals surface area contributed by atoms with E-state index in [0.717, 1.165) is 34.0 Å². The molecule has 1 amide bonds. The zero-order valence-corrected chi connectivity index (χ0v) is 13.7. The summed E-state index contributed by atoms with van der Waals surface area (Å²) >= 11 is 0. The fraction of sp³-hybridized carbons (Fsp3) is 0.389. The summed E-state index contributed by atoms with van der Waals surface area (Å²) in [5.41, 5.74) is 3.24. The van der Waals surface area contributed by atoms with Crippen LogP contribution in [0.25, 0.3) is 0 Å². The third-order valence-corrected chi connectivity index (χ3v) is 3.55. The van der Waals surface area contributed by atoms with Gasteiger partial charge >= 0.3 is 0 Å². The van der Waals surface area contributed by atoms with Gasteiger partial charge in [0.05, 0.1) is 13.0 Å². The Morgan fingerprint density at radius 2 is 1.95 bits per heavy atom. The molecule has 1 aromatic heterocycles. The molecule has 0 aliphatic rings. The van der Waals surface area contributed by atoms with E-state index in [4.69, 9.17) is 9.15 Å². The van der Waals surface area contributed by atoms with Crippen molar-refractivity contribution in [2.45, 2.75) is 40.7 Å². The monoisotopic (exact) mass is 301 g/mol. The molecule has 0 unspecified atom stereocenters. The average Bonchev–Trinajstić information content (AvgIpc) is 2.78. The van der Waals surface area contributed by atoms with E-state index in [0.29, 0.717) is 19.6 Å². The number of carbonyl (C=O) groups is 1. The highest BCUT2D eigenvalue weighted by atomic mass is 16.5. The fourth-order valence-corrected chi connectivity index (χ4v) is 2.26. The number of furan rings is 1. The van der Waals surface area contributed by atoms with Gasteiger partial charge in [0, 0.05) is 12.1 Å². The first-order valence-electron chi connectivity index (χ1n) is 7.48. The van der Waals surface area contributed by atoms with Gasteiger partial charge in [-0.3, -0.25) is 4.79 Å². The van der Waals surface area contributed by atoms with Crippen LogP contribution in [0.3, 0.4) is 0 Å². The molecular weight excluding hydrogens is 278 g/mol. The van der Waals surface area contributed by atoms with E-state index in [1.54, 1.807) is 0 Å². The number of hydrogen-bond acceptors (Lipinski definition) is 3. The smallest absolute Gasteiger partial charge is 0.223 e. The number of nitrogens with one attached hydrogen (secondary N) is 1. The molecule has 1 heterocycles. The van der Waals surface area contributed by atoms with Crippen molar-refractivity contribution < 1.29 is 13.9 Å². The SMILES string of the molecule is Cc1ccc(C)c(OCCC(=O)NCc2cc(C)oc2C)c1. The Hall–Kier alpha value is -2.23. The lowest BCUT2D eigenvalue weighted by molar-refractivity contribution is -0.121. The standard InChI is InChI=1S/C18H23NO3/c1-12-5-6-13(2)17(9-12)21-8-7-18(20)19-11-16-10-14(3)22-15(16)4/h5-6,9-10H,7-8,11H2,1-4H3,(H,19,20). The molecule has 4 heteroatoms. The zero-order chi connectivity index (χ0) is 16.1. The summed E-state index contributed by atoms with van der Waals surface area (Å²) < 4.78 is 11.1. The van der Waals surface area contributed by atoms with Gasteiger partial charge in [-0.15, -0.1) is 0 Å². The van der Waals surface area contributed by atoms with Gasteiger partial charge < -0.3 is 14.5 Å². The lowest BCUT2D eigenvalue weighted by Crippen LogP contribution is -2.24. The van der Waals surface area contributed by atoms with Crippen LogP contribution >= 0.6 is 0 Å². The highest BCUT2D eigenvalue weighted by molar-refractivity contribution is 5.76. The quantitative estimate of drug-likeness (QED) is 0.887. The third-order valence-electron chi connectivity index (χ3n) is 3.55. The first-order chi connectivity index (χ1) is 10.5. The number of benzene rings is 1. The molecule has 118 valence electrons. The van der Waals surface area contributed by atoms with E-state index in [9.17, 15) is 4.79 Å². The molecular formula is C18H23NO3. The summed E-state index contributed by atoms with van der Waals surface area (Å²) in [6.07, 6.45) is 0.337. The summed E-state index contributed by atoms with van der Waals surface area (Å²) in [6.45, 7) is 8.69. The van der Waals surface area contributed by atoms with Crippen LogP contribution in [0.4, 0.5) is 0 Å². The molecule has 0 saturated carbocycles. The molecule has 0 saturated heterocycles. The molecule has 0 spiro atoms. The van der Waals surface area contributed by atoms with Crippen molar-refractivity contribution in [3.05, 3.63) is 52.5 Å². The summed E-state index contributed by atoms with van der Waals surface area (Å²) in [6, 6.07) is 8.01. The molecule has 0 radical (unpaired) electrons. The van der Waals surface area contributed by atoms with E-state index >= 15 is 0 Å².